The Morgan fingerprint density at radius 2 is 1.24 bits per heavy atom. The van der Waals surface area contributed by atoms with Crippen LogP contribution in [0.4, 0.5) is 4.39 Å². The van der Waals surface area contributed by atoms with Crippen LogP contribution in [0.1, 0.15) is 95.9 Å². The maximum absolute atomic E-state index is 12.8. The molecule has 0 saturated heterocycles. The number of halogens is 1. The largest absolute Gasteiger partial charge is 0.501 e. The van der Waals surface area contributed by atoms with E-state index in [0.29, 0.717) is 0 Å². The summed E-state index contributed by atoms with van der Waals surface area (Å²) >= 11 is 0. The van der Waals surface area contributed by atoms with Crippen LogP contribution in [0, 0.1) is 17.9 Å². The Morgan fingerprint density at radius 1 is 0.603 bits per heavy atom. The van der Waals surface area contributed by atoms with Gasteiger partial charge in [0, 0.05) is 54.0 Å². The quantitative estimate of drug-likeness (QED) is 0.112. The van der Waals surface area contributed by atoms with Crippen molar-refractivity contribution in [2.24, 2.45) is 0 Å². The Labute approximate surface area is 471 Å². The zero-order valence-electron chi connectivity index (χ0n) is 46.3. The summed E-state index contributed by atoms with van der Waals surface area (Å²) in [5, 5.41) is 5.48. The van der Waals surface area contributed by atoms with Crippen LogP contribution in [0.2, 0.25) is 19.6 Å². The maximum atomic E-state index is 12.8. The molecule has 0 spiro atoms. The minimum Gasteiger partial charge on any atom is -0.501 e. The van der Waals surface area contributed by atoms with E-state index in [1.54, 1.807) is 6.07 Å². The molecule has 5 nitrogen and oxygen atoms in total. The normalized spacial score (nSPS) is 13.9. The second-order valence-corrected chi connectivity index (χ2v) is 29.2. The summed E-state index contributed by atoms with van der Waals surface area (Å²) in [5.41, 5.74) is 19.8. The predicted molar refractivity (Wildman–Crippen MR) is 321 cm³/mol. The first-order chi connectivity index (χ1) is 36.8. The number of imidazole rings is 1. The number of rotatable bonds is 8. The first-order valence-corrected chi connectivity index (χ1v) is 30.6. The minimum absolute atomic E-state index is 0. The van der Waals surface area contributed by atoms with Crippen molar-refractivity contribution in [2.45, 2.75) is 104 Å². The van der Waals surface area contributed by atoms with Crippen LogP contribution in [0.5, 0.6) is 0 Å². The number of fused-ring (bicyclic) bond motifs is 8. The molecule has 4 aromatic heterocycles. The van der Waals surface area contributed by atoms with Crippen LogP contribution in [-0.2, 0) is 30.9 Å². The second kappa shape index (κ2) is 19.9. The number of para-hydroxylation sites is 3. The molecule has 1 radical (unpaired) electrons. The molecule has 1 aliphatic rings. The molecule has 0 unspecified atom stereocenters. The summed E-state index contributed by atoms with van der Waals surface area (Å²) in [6, 6.07) is 61.2. The zero-order valence-corrected chi connectivity index (χ0v) is 49.7. The van der Waals surface area contributed by atoms with E-state index >= 15 is 0 Å². The average Bonchev–Trinajstić information content (AvgIpc) is 4.19. The van der Waals surface area contributed by atoms with Crippen LogP contribution in [0.3, 0.4) is 0 Å². The van der Waals surface area contributed by atoms with E-state index in [4.69, 9.17) is 13.8 Å². The van der Waals surface area contributed by atoms with E-state index in [0.717, 1.165) is 77.6 Å². The maximum Gasteiger partial charge on any atom is 0.136 e. The van der Waals surface area contributed by atoms with Gasteiger partial charge >= 0.3 is 0 Å². The first-order valence-electron chi connectivity index (χ1n) is 27.1. The standard InChI is InChI=1S/C56H49N2O2.C14H15FNSi.Ir/c1-32(2)41-26-37(35-22-20-34(21-23-35)36-24-25-45-46(28-36)56(7,8)31-55(45,5)6)27-42(33(3)4)52(41)58-48-18-11-10-17-47(48)57-54(58)40-16-13-15-39-44-30-50-43(29-51(44)60-53(39)40)38-14-9-12-19-49(38)59-50;1-17(2,3)13-8-9-14(16-10-13)11-4-6-12(15)7-5-11;/h9-15,17-30,32-33H,31H2,1-8H3;4,6-10H,1-3H3;/q2*-1;. The third-order valence-corrected chi connectivity index (χ3v) is 18.0. The molecular formula is C70H64FIrN3O2Si-2. The molecule has 8 aromatic carbocycles. The number of aromatic nitrogens is 3. The van der Waals surface area contributed by atoms with Crippen molar-refractivity contribution in [2.75, 3.05) is 0 Å². The fourth-order valence-electron chi connectivity index (χ4n) is 12.1. The van der Waals surface area contributed by atoms with Gasteiger partial charge in [0.2, 0.25) is 0 Å². The van der Waals surface area contributed by atoms with E-state index in [-0.39, 0.29) is 48.6 Å². The molecule has 0 atom stereocenters. The second-order valence-electron chi connectivity index (χ2n) is 24.1. The molecule has 0 fully saturated rings. The smallest absolute Gasteiger partial charge is 0.136 e. The summed E-state index contributed by atoms with van der Waals surface area (Å²) in [5.74, 6) is 1.02. The Bertz CT molecular complexity index is 4200. The molecule has 0 bridgehead atoms. The summed E-state index contributed by atoms with van der Waals surface area (Å²) < 4.78 is 28.3. The van der Waals surface area contributed by atoms with Gasteiger partial charge in [-0.3, -0.25) is 9.37 Å². The third kappa shape index (κ3) is 9.35. The van der Waals surface area contributed by atoms with E-state index in [2.05, 4.69) is 206 Å². The van der Waals surface area contributed by atoms with Crippen molar-refractivity contribution >= 4 is 68.2 Å². The molecule has 4 heterocycles. The number of furan rings is 2. The van der Waals surface area contributed by atoms with Crippen molar-refractivity contribution in [1.82, 2.24) is 14.5 Å². The van der Waals surface area contributed by atoms with E-state index in [1.807, 2.05) is 36.5 Å². The van der Waals surface area contributed by atoms with Gasteiger partial charge in [-0.05, 0) is 127 Å². The Morgan fingerprint density at radius 3 is 1.91 bits per heavy atom. The molecule has 0 amide bonds. The topological polar surface area (TPSA) is 57.0 Å². The van der Waals surface area contributed by atoms with Crippen molar-refractivity contribution in [3.63, 3.8) is 0 Å². The molecule has 8 heteroatoms. The monoisotopic (exact) mass is 1220 g/mol. The fraction of sp³-hybridized carbons (Fsp3) is 0.229. The molecule has 0 saturated carbocycles. The molecule has 1 aliphatic carbocycles. The van der Waals surface area contributed by atoms with Gasteiger partial charge in [-0.25, -0.2) is 0 Å². The SMILES string of the molecule is CC(C)c1cc(-c2ccc(-c3ccc4c(c3)C(C)(C)CC4(C)C)cc2)cc(C(C)C)c1-n1c(-c2[c-]ccc3c2oc2cc4c(cc23)oc2ccccc24)nc2ccccc21.C[Si](C)(C)c1ccc(-c2[c-]cc(F)cc2)nc1.[Ir]. The van der Waals surface area contributed by atoms with E-state index in [9.17, 15) is 4.39 Å². The van der Waals surface area contributed by atoms with E-state index in [1.165, 1.54) is 73.9 Å². The van der Waals surface area contributed by atoms with Gasteiger partial charge in [0.25, 0.3) is 0 Å². The Hall–Kier alpha value is -7.22. The van der Waals surface area contributed by atoms with Crippen molar-refractivity contribution in [1.29, 1.82) is 0 Å². The van der Waals surface area contributed by atoms with Crippen LogP contribution in [0.15, 0.2) is 173 Å². The minimum atomic E-state index is -1.30. The van der Waals surface area contributed by atoms with Crippen LogP contribution >= 0.6 is 0 Å². The molecule has 393 valence electrons. The zero-order chi connectivity index (χ0) is 53.7. The third-order valence-electron chi connectivity index (χ3n) is 15.9. The fourth-order valence-corrected chi connectivity index (χ4v) is 13.2. The number of hydrogen-bond donors (Lipinski definition) is 0. The Balaban J connectivity index is 0.000000307. The van der Waals surface area contributed by atoms with E-state index < -0.39 is 8.07 Å². The molecule has 78 heavy (non-hydrogen) atoms. The van der Waals surface area contributed by atoms with Crippen molar-refractivity contribution in [3.8, 4) is 50.6 Å². The summed E-state index contributed by atoms with van der Waals surface area (Å²) in [4.78, 5) is 9.80. The van der Waals surface area contributed by atoms with Crippen molar-refractivity contribution < 1.29 is 33.3 Å². The summed E-state index contributed by atoms with van der Waals surface area (Å²) in [6.45, 7) is 25.6. The van der Waals surface area contributed by atoms with Gasteiger partial charge in [-0.15, -0.1) is 48.0 Å². The Kier molecular flexibility index (Phi) is 13.5. The average molecular weight is 1220 g/mol. The summed E-state index contributed by atoms with van der Waals surface area (Å²) in [7, 11) is -1.30. The van der Waals surface area contributed by atoms with Gasteiger partial charge in [-0.2, -0.15) is 0 Å². The number of benzene rings is 8. The van der Waals surface area contributed by atoms with Gasteiger partial charge in [0.1, 0.15) is 16.7 Å². The predicted octanol–water partition coefficient (Wildman–Crippen LogP) is 19.1. The van der Waals surface area contributed by atoms with Crippen LogP contribution < -0.4 is 5.19 Å². The number of nitrogens with zero attached hydrogens (tertiary/aromatic N) is 3. The number of pyridine rings is 1. The van der Waals surface area contributed by atoms with Crippen molar-refractivity contribution in [3.05, 3.63) is 204 Å². The number of hydrogen-bond acceptors (Lipinski definition) is 4. The first kappa shape index (κ1) is 52.8. The summed E-state index contributed by atoms with van der Waals surface area (Å²) in [6.07, 6.45) is 3.10. The van der Waals surface area contributed by atoms with Gasteiger partial charge in [-0.1, -0.05) is 171 Å². The molecule has 12 aromatic rings. The van der Waals surface area contributed by atoms with Crippen LogP contribution in [0.25, 0.3) is 105 Å². The van der Waals surface area contributed by atoms with Gasteiger partial charge in [0.05, 0.1) is 30.5 Å². The molecule has 0 N–H and O–H groups in total. The molecular weight excluding hydrogens is 1150 g/mol. The molecule has 13 rings (SSSR count). The van der Waals surface area contributed by atoms with Gasteiger partial charge < -0.3 is 18.4 Å². The van der Waals surface area contributed by atoms with Crippen LogP contribution in [-0.4, -0.2) is 22.6 Å². The molecule has 0 aliphatic heterocycles. The van der Waals surface area contributed by atoms with Gasteiger partial charge in [0.15, 0.2) is 0 Å².